The highest BCUT2D eigenvalue weighted by Gasteiger charge is 2.41. The Bertz CT molecular complexity index is 825. The number of carbonyl (C=O) groups excluding carboxylic acids is 2. The van der Waals surface area contributed by atoms with Crippen LogP contribution in [0.4, 0.5) is 5.69 Å². The average Bonchev–Trinajstić information content (AvgIpc) is 2.64. The van der Waals surface area contributed by atoms with E-state index in [9.17, 15) is 9.59 Å². The van der Waals surface area contributed by atoms with Crippen LogP contribution in [0, 0.1) is 0 Å². The number of cyclic esters (lactones) is 1. The molecule has 28 heavy (non-hydrogen) atoms. The molecule has 2 aromatic carbocycles. The van der Waals surface area contributed by atoms with Gasteiger partial charge in [-0.2, -0.15) is 0 Å². The number of ketones is 1. The predicted octanol–water partition coefficient (Wildman–Crippen LogP) is 4.52. The zero-order valence-corrected chi connectivity index (χ0v) is 17.1. The van der Waals surface area contributed by atoms with E-state index in [0.29, 0.717) is 18.9 Å². The molecule has 0 saturated carbocycles. The summed E-state index contributed by atoms with van der Waals surface area (Å²) in [6.07, 6.45) is 0.476. The van der Waals surface area contributed by atoms with Gasteiger partial charge < -0.3 is 9.64 Å². The summed E-state index contributed by atoms with van der Waals surface area (Å²) in [5.74, 6) is 0.174. The van der Waals surface area contributed by atoms with Gasteiger partial charge in [0.2, 0.25) is 0 Å². The van der Waals surface area contributed by atoms with Gasteiger partial charge in [-0.25, -0.2) is 4.79 Å². The summed E-state index contributed by atoms with van der Waals surface area (Å²) in [7, 11) is 0. The van der Waals surface area contributed by atoms with Crippen LogP contribution in [-0.4, -0.2) is 29.9 Å². The second-order valence-corrected chi connectivity index (χ2v) is 8.48. The third kappa shape index (κ3) is 4.80. The highest BCUT2D eigenvalue weighted by Crippen LogP contribution is 2.29. The molecular formula is C24H29NO3. The molecule has 0 bridgehead atoms. The minimum Gasteiger partial charge on any atom is -0.456 e. The molecule has 1 heterocycles. The maximum atomic E-state index is 12.7. The molecule has 4 nitrogen and oxygen atoms in total. The normalized spacial score (nSPS) is 18.8. The van der Waals surface area contributed by atoms with Crippen molar-refractivity contribution in [2.45, 2.75) is 58.1 Å². The maximum Gasteiger partial charge on any atom is 0.329 e. The van der Waals surface area contributed by atoms with Gasteiger partial charge in [-0.1, -0.05) is 56.3 Å². The largest absolute Gasteiger partial charge is 0.456 e. The Kier molecular flexibility index (Phi) is 5.87. The van der Waals surface area contributed by atoms with Crippen molar-refractivity contribution in [2.24, 2.45) is 0 Å². The summed E-state index contributed by atoms with van der Waals surface area (Å²) in [5, 5.41) is 0. The molecule has 0 N–H and O–H groups in total. The van der Waals surface area contributed by atoms with E-state index < -0.39 is 11.6 Å². The van der Waals surface area contributed by atoms with Crippen LogP contribution < -0.4 is 4.90 Å². The molecule has 0 aliphatic carbocycles. The SMILES string of the molecule is CC(C)c1ccc(CC(=O)CC2C(=O)OC(C)(C)CN2c2ccccc2)cc1. The first-order valence-electron chi connectivity index (χ1n) is 9.90. The van der Waals surface area contributed by atoms with Crippen LogP contribution >= 0.6 is 0 Å². The lowest BCUT2D eigenvalue weighted by atomic mass is 9.96. The fourth-order valence-corrected chi connectivity index (χ4v) is 3.64. The summed E-state index contributed by atoms with van der Waals surface area (Å²) >= 11 is 0. The first-order valence-corrected chi connectivity index (χ1v) is 9.90. The van der Waals surface area contributed by atoms with Crippen molar-refractivity contribution in [3.8, 4) is 0 Å². The Morgan fingerprint density at radius 1 is 1.11 bits per heavy atom. The topological polar surface area (TPSA) is 46.6 Å². The highest BCUT2D eigenvalue weighted by molar-refractivity contribution is 5.90. The number of nitrogens with zero attached hydrogens (tertiary/aromatic N) is 1. The van der Waals surface area contributed by atoms with Crippen molar-refractivity contribution in [2.75, 3.05) is 11.4 Å². The van der Waals surface area contributed by atoms with Crippen LogP contribution in [0.3, 0.4) is 0 Å². The minimum atomic E-state index is -0.585. The fraction of sp³-hybridized carbons (Fsp3) is 0.417. The van der Waals surface area contributed by atoms with E-state index in [1.807, 2.05) is 61.2 Å². The van der Waals surface area contributed by atoms with Crippen LogP contribution in [0.25, 0.3) is 0 Å². The molecule has 3 rings (SSSR count). The van der Waals surface area contributed by atoms with Crippen LogP contribution in [-0.2, 0) is 20.7 Å². The van der Waals surface area contributed by atoms with E-state index in [1.54, 1.807) is 0 Å². The number of anilines is 1. The Balaban J connectivity index is 1.74. The number of carbonyl (C=O) groups is 2. The van der Waals surface area contributed by atoms with Crippen molar-refractivity contribution >= 4 is 17.4 Å². The number of hydrogen-bond donors (Lipinski definition) is 0. The molecular weight excluding hydrogens is 350 g/mol. The Hall–Kier alpha value is -2.62. The molecule has 1 fully saturated rings. The Morgan fingerprint density at radius 3 is 2.36 bits per heavy atom. The van der Waals surface area contributed by atoms with E-state index in [0.717, 1.165) is 11.3 Å². The smallest absolute Gasteiger partial charge is 0.329 e. The lowest BCUT2D eigenvalue weighted by Gasteiger charge is -2.43. The second kappa shape index (κ2) is 8.17. The van der Waals surface area contributed by atoms with Gasteiger partial charge in [-0.3, -0.25) is 4.79 Å². The Morgan fingerprint density at radius 2 is 1.75 bits per heavy atom. The molecule has 1 aliphatic heterocycles. The zero-order chi connectivity index (χ0) is 20.3. The van der Waals surface area contributed by atoms with Gasteiger partial charge >= 0.3 is 5.97 Å². The fourth-order valence-electron chi connectivity index (χ4n) is 3.64. The predicted molar refractivity (Wildman–Crippen MR) is 112 cm³/mol. The number of Topliss-reactive ketones (excluding diaryl/α,β-unsaturated/α-hetero) is 1. The number of benzene rings is 2. The molecule has 2 aromatic rings. The maximum absolute atomic E-state index is 12.7. The molecule has 1 unspecified atom stereocenters. The van der Waals surface area contributed by atoms with Gasteiger partial charge in [-0.05, 0) is 43.0 Å². The summed E-state index contributed by atoms with van der Waals surface area (Å²) in [6, 6.07) is 17.3. The molecule has 1 aliphatic rings. The van der Waals surface area contributed by atoms with Crippen LogP contribution in [0.2, 0.25) is 0 Å². The van der Waals surface area contributed by atoms with Gasteiger partial charge in [0, 0.05) is 18.5 Å². The number of morpholine rings is 1. The quantitative estimate of drug-likeness (QED) is 0.692. The van der Waals surface area contributed by atoms with Gasteiger partial charge in [-0.15, -0.1) is 0 Å². The van der Waals surface area contributed by atoms with Crippen LogP contribution in [0.1, 0.15) is 51.2 Å². The van der Waals surface area contributed by atoms with Crippen LogP contribution in [0.15, 0.2) is 54.6 Å². The number of para-hydroxylation sites is 1. The third-order valence-electron chi connectivity index (χ3n) is 5.13. The molecule has 4 heteroatoms. The van der Waals surface area contributed by atoms with E-state index >= 15 is 0 Å². The van der Waals surface area contributed by atoms with Crippen molar-refractivity contribution in [3.05, 3.63) is 65.7 Å². The summed E-state index contributed by atoms with van der Waals surface area (Å²) in [6.45, 7) is 8.65. The lowest BCUT2D eigenvalue weighted by molar-refractivity contribution is -0.163. The molecule has 0 spiro atoms. The van der Waals surface area contributed by atoms with Gasteiger partial charge in [0.25, 0.3) is 0 Å². The van der Waals surface area contributed by atoms with E-state index in [2.05, 4.69) is 26.0 Å². The standard InChI is InChI=1S/C24H29NO3/c1-17(2)19-12-10-18(11-13-19)14-21(26)15-22-23(27)28-24(3,4)16-25(22)20-8-6-5-7-9-20/h5-13,17,22H,14-16H2,1-4H3. The van der Waals surface area contributed by atoms with E-state index in [4.69, 9.17) is 4.74 Å². The molecule has 1 atom stereocenters. The van der Waals surface area contributed by atoms with Crippen molar-refractivity contribution in [3.63, 3.8) is 0 Å². The minimum absolute atomic E-state index is 0.0416. The van der Waals surface area contributed by atoms with Gasteiger partial charge in [0.05, 0.1) is 6.54 Å². The Labute approximate surface area is 167 Å². The van der Waals surface area contributed by atoms with Crippen molar-refractivity contribution in [1.29, 1.82) is 0 Å². The number of esters is 1. The monoisotopic (exact) mass is 379 g/mol. The van der Waals surface area contributed by atoms with Crippen molar-refractivity contribution in [1.82, 2.24) is 0 Å². The second-order valence-electron chi connectivity index (χ2n) is 8.48. The highest BCUT2D eigenvalue weighted by atomic mass is 16.6. The van der Waals surface area contributed by atoms with Crippen LogP contribution in [0.5, 0.6) is 0 Å². The summed E-state index contributed by atoms with van der Waals surface area (Å²) in [4.78, 5) is 27.4. The number of rotatable bonds is 6. The molecule has 0 radical (unpaired) electrons. The first-order chi connectivity index (χ1) is 13.2. The zero-order valence-electron chi connectivity index (χ0n) is 17.1. The molecule has 148 valence electrons. The van der Waals surface area contributed by atoms with E-state index in [-0.39, 0.29) is 18.2 Å². The third-order valence-corrected chi connectivity index (χ3v) is 5.13. The lowest BCUT2D eigenvalue weighted by Crippen LogP contribution is -2.57. The van der Waals surface area contributed by atoms with Gasteiger partial charge in [0.15, 0.2) is 0 Å². The average molecular weight is 380 g/mol. The molecule has 0 aromatic heterocycles. The van der Waals surface area contributed by atoms with Crippen molar-refractivity contribution < 1.29 is 14.3 Å². The van der Waals surface area contributed by atoms with E-state index in [1.165, 1.54) is 5.56 Å². The number of hydrogen-bond acceptors (Lipinski definition) is 4. The summed E-state index contributed by atoms with van der Waals surface area (Å²) < 4.78 is 5.60. The first kappa shape index (κ1) is 20.1. The summed E-state index contributed by atoms with van der Waals surface area (Å²) in [5.41, 5.74) is 2.58. The molecule has 1 saturated heterocycles. The number of ether oxygens (including phenoxy) is 1. The molecule has 0 amide bonds. The van der Waals surface area contributed by atoms with Gasteiger partial charge in [0.1, 0.15) is 17.4 Å².